The highest BCUT2D eigenvalue weighted by molar-refractivity contribution is 6.19. The number of carboxylic acids is 1. The Bertz CT molecular complexity index is 1530. The number of carboxylic acid groups (broad SMARTS) is 1. The van der Waals surface area contributed by atoms with E-state index in [1.165, 1.54) is 30.3 Å². The van der Waals surface area contributed by atoms with E-state index in [0.717, 1.165) is 5.69 Å². The van der Waals surface area contributed by atoms with Crippen LogP contribution in [0, 0.1) is 12.7 Å². The molecule has 0 fully saturated rings. The van der Waals surface area contributed by atoms with E-state index in [9.17, 15) is 19.1 Å². The van der Waals surface area contributed by atoms with Gasteiger partial charge in [-0.1, -0.05) is 41.6 Å². The smallest absolute Gasteiger partial charge is 0.335 e. The van der Waals surface area contributed by atoms with E-state index >= 15 is 0 Å². The lowest BCUT2D eigenvalue weighted by atomic mass is 9.97. The summed E-state index contributed by atoms with van der Waals surface area (Å²) in [5.41, 5.74) is 2.72. The minimum Gasteiger partial charge on any atom is -0.478 e. The fraction of sp³-hybridized carbons (Fsp3) is 0.0385. The van der Waals surface area contributed by atoms with Crippen LogP contribution in [0.15, 0.2) is 83.5 Å². The molecule has 1 N–H and O–H groups in total. The fourth-order valence-electron chi connectivity index (χ4n) is 3.95. The quantitative estimate of drug-likeness (QED) is 0.356. The van der Waals surface area contributed by atoms with Crippen LogP contribution in [0.5, 0.6) is 0 Å². The summed E-state index contributed by atoms with van der Waals surface area (Å²) in [5.74, 6) is -1.56. The van der Waals surface area contributed by atoms with Crippen LogP contribution in [-0.4, -0.2) is 26.6 Å². The van der Waals surface area contributed by atoms with Crippen molar-refractivity contribution in [2.45, 2.75) is 6.92 Å². The van der Waals surface area contributed by atoms with Crippen LogP contribution in [0.4, 0.5) is 4.39 Å². The van der Waals surface area contributed by atoms with Gasteiger partial charge in [0.1, 0.15) is 17.3 Å². The van der Waals surface area contributed by atoms with Crippen LogP contribution in [0.25, 0.3) is 27.8 Å². The van der Waals surface area contributed by atoms with E-state index in [0.29, 0.717) is 27.8 Å². The van der Waals surface area contributed by atoms with E-state index in [-0.39, 0.29) is 22.6 Å². The van der Waals surface area contributed by atoms with Gasteiger partial charge in [-0.25, -0.2) is 9.18 Å². The first kappa shape index (κ1) is 20.4. The lowest BCUT2D eigenvalue weighted by Gasteiger charge is -2.05. The van der Waals surface area contributed by atoms with Crippen LogP contribution in [0.1, 0.15) is 32.0 Å². The SMILES string of the molecule is Cc1onc(-c2cccc(F)c2)c1C(=O)c1cn(-c2ccccc2)c2cc(C(=O)O)ccc12. The summed E-state index contributed by atoms with van der Waals surface area (Å²) in [5, 5.41) is 14.1. The number of halogens is 1. The van der Waals surface area contributed by atoms with Gasteiger partial charge < -0.3 is 14.2 Å². The number of hydrogen-bond donors (Lipinski definition) is 1. The number of carbonyl (C=O) groups excluding carboxylic acids is 1. The van der Waals surface area contributed by atoms with Gasteiger partial charge in [0.25, 0.3) is 0 Å². The third-order valence-corrected chi connectivity index (χ3v) is 5.52. The van der Waals surface area contributed by atoms with Crippen LogP contribution in [0.2, 0.25) is 0 Å². The molecule has 33 heavy (non-hydrogen) atoms. The van der Waals surface area contributed by atoms with Gasteiger partial charge in [-0.2, -0.15) is 0 Å². The number of aromatic nitrogens is 2. The Morgan fingerprint density at radius 3 is 2.52 bits per heavy atom. The number of nitrogens with zero attached hydrogens (tertiary/aromatic N) is 2. The lowest BCUT2D eigenvalue weighted by Crippen LogP contribution is -2.03. The molecule has 5 aromatic rings. The van der Waals surface area contributed by atoms with Gasteiger partial charge in [0.15, 0.2) is 0 Å². The molecule has 0 atom stereocenters. The number of rotatable bonds is 5. The second-order valence-corrected chi connectivity index (χ2v) is 7.59. The molecule has 0 aliphatic carbocycles. The molecule has 0 bridgehead atoms. The normalized spacial score (nSPS) is 11.1. The van der Waals surface area contributed by atoms with Crippen molar-refractivity contribution in [2.24, 2.45) is 0 Å². The number of ketones is 1. The van der Waals surface area contributed by atoms with Crippen LogP contribution < -0.4 is 0 Å². The number of fused-ring (bicyclic) bond motifs is 1. The highest BCUT2D eigenvalue weighted by atomic mass is 19.1. The Morgan fingerprint density at radius 2 is 1.79 bits per heavy atom. The molecule has 0 spiro atoms. The molecule has 0 amide bonds. The molecule has 2 heterocycles. The minimum atomic E-state index is -1.06. The third-order valence-electron chi connectivity index (χ3n) is 5.52. The molecule has 0 aliphatic rings. The summed E-state index contributed by atoms with van der Waals surface area (Å²) in [4.78, 5) is 25.3. The summed E-state index contributed by atoms with van der Waals surface area (Å²) in [6, 6.07) is 19.7. The van der Waals surface area contributed by atoms with Gasteiger partial charge in [0.05, 0.1) is 16.6 Å². The van der Waals surface area contributed by atoms with E-state index < -0.39 is 11.8 Å². The monoisotopic (exact) mass is 440 g/mol. The largest absolute Gasteiger partial charge is 0.478 e. The summed E-state index contributed by atoms with van der Waals surface area (Å²) in [7, 11) is 0. The topological polar surface area (TPSA) is 85.3 Å². The van der Waals surface area contributed by atoms with Gasteiger partial charge in [-0.3, -0.25) is 4.79 Å². The first-order valence-electron chi connectivity index (χ1n) is 10.1. The van der Waals surface area contributed by atoms with Crippen molar-refractivity contribution in [3.8, 4) is 16.9 Å². The molecule has 0 radical (unpaired) electrons. The molecule has 2 aromatic heterocycles. The van der Waals surface area contributed by atoms with Crippen LogP contribution in [-0.2, 0) is 0 Å². The zero-order valence-corrected chi connectivity index (χ0v) is 17.4. The number of carbonyl (C=O) groups is 2. The van der Waals surface area contributed by atoms with Gasteiger partial charge in [0.2, 0.25) is 5.78 Å². The average Bonchev–Trinajstić information content (AvgIpc) is 3.39. The minimum absolute atomic E-state index is 0.110. The van der Waals surface area contributed by atoms with Gasteiger partial charge >= 0.3 is 5.97 Å². The van der Waals surface area contributed by atoms with E-state index in [1.54, 1.807) is 29.8 Å². The predicted octanol–water partition coefficient (Wildman–Crippen LogP) is 5.66. The van der Waals surface area contributed by atoms with Crippen molar-refractivity contribution in [1.82, 2.24) is 9.72 Å². The lowest BCUT2D eigenvalue weighted by molar-refractivity contribution is 0.0697. The molecule has 0 aliphatic heterocycles. The standard InChI is InChI=1S/C26H17FN2O4/c1-15-23(24(28-33-15)16-6-5-7-18(27)12-16)25(30)21-14-29(19-8-3-2-4-9-19)22-13-17(26(31)32)10-11-20(21)22/h2-14H,1H3,(H,31,32). The van der Waals surface area contributed by atoms with Crippen molar-refractivity contribution in [3.63, 3.8) is 0 Å². The number of hydrogen-bond acceptors (Lipinski definition) is 4. The van der Waals surface area contributed by atoms with Crippen molar-refractivity contribution in [2.75, 3.05) is 0 Å². The molecule has 3 aromatic carbocycles. The van der Waals surface area contributed by atoms with E-state index in [1.807, 2.05) is 30.3 Å². The van der Waals surface area contributed by atoms with Gasteiger partial charge in [-0.15, -0.1) is 0 Å². The predicted molar refractivity (Wildman–Crippen MR) is 120 cm³/mol. The molecule has 162 valence electrons. The number of benzene rings is 3. The molecule has 5 rings (SSSR count). The number of para-hydroxylation sites is 1. The molecule has 7 heteroatoms. The van der Waals surface area contributed by atoms with Crippen molar-refractivity contribution in [1.29, 1.82) is 0 Å². The zero-order valence-electron chi connectivity index (χ0n) is 17.4. The summed E-state index contributed by atoms with van der Waals surface area (Å²) >= 11 is 0. The molecule has 0 saturated carbocycles. The van der Waals surface area contributed by atoms with E-state index in [4.69, 9.17) is 4.52 Å². The highest BCUT2D eigenvalue weighted by Crippen LogP contribution is 2.32. The number of aryl methyl sites for hydroxylation is 1. The average molecular weight is 440 g/mol. The van der Waals surface area contributed by atoms with Gasteiger partial charge in [0, 0.05) is 28.4 Å². The Labute approximate surface area is 187 Å². The fourth-order valence-corrected chi connectivity index (χ4v) is 3.95. The second kappa shape index (κ2) is 7.87. The molecule has 0 unspecified atom stereocenters. The number of aromatic carboxylic acids is 1. The first-order valence-corrected chi connectivity index (χ1v) is 10.1. The summed E-state index contributed by atoms with van der Waals surface area (Å²) in [6.07, 6.45) is 1.68. The Morgan fingerprint density at radius 1 is 1.00 bits per heavy atom. The van der Waals surface area contributed by atoms with Crippen LogP contribution in [0.3, 0.4) is 0 Å². The maximum Gasteiger partial charge on any atom is 0.335 e. The van der Waals surface area contributed by atoms with E-state index in [2.05, 4.69) is 5.16 Å². The third kappa shape index (κ3) is 3.49. The summed E-state index contributed by atoms with van der Waals surface area (Å²) < 4.78 is 20.9. The Kier molecular flexibility index (Phi) is 4.86. The van der Waals surface area contributed by atoms with Crippen molar-refractivity contribution in [3.05, 3.63) is 107 Å². The highest BCUT2D eigenvalue weighted by Gasteiger charge is 2.26. The first-order chi connectivity index (χ1) is 15.9. The summed E-state index contributed by atoms with van der Waals surface area (Å²) in [6.45, 7) is 1.63. The zero-order chi connectivity index (χ0) is 23.1. The van der Waals surface area contributed by atoms with Crippen molar-refractivity contribution < 1.29 is 23.6 Å². The van der Waals surface area contributed by atoms with Gasteiger partial charge in [-0.05, 0) is 43.3 Å². The maximum absolute atomic E-state index is 13.8. The van der Waals surface area contributed by atoms with Crippen LogP contribution >= 0.6 is 0 Å². The second-order valence-electron chi connectivity index (χ2n) is 7.59. The van der Waals surface area contributed by atoms with Crippen molar-refractivity contribution >= 4 is 22.7 Å². The molecule has 0 saturated heterocycles. The Balaban J connectivity index is 1.73. The maximum atomic E-state index is 13.8. The molecular formula is C26H17FN2O4. The Hall–Kier alpha value is -4.52. The molecular weight excluding hydrogens is 423 g/mol. The molecule has 6 nitrogen and oxygen atoms in total.